The summed E-state index contributed by atoms with van der Waals surface area (Å²) in [5.41, 5.74) is 0. The normalized spacial score (nSPS) is 11.6. The topological polar surface area (TPSA) is 66.4 Å². The number of hydrogen-bond acceptors (Lipinski definition) is 4. The Morgan fingerprint density at radius 1 is 1.21 bits per heavy atom. The maximum atomic E-state index is 11.9. The van der Waals surface area contributed by atoms with Gasteiger partial charge in [-0.15, -0.1) is 0 Å². The summed E-state index contributed by atoms with van der Waals surface area (Å²) in [5, 5.41) is 9.27. The van der Waals surface area contributed by atoms with Crippen LogP contribution in [0.15, 0.2) is 29.2 Å². The molecule has 4 nitrogen and oxygen atoms in total. The largest absolute Gasteiger partial charge is 0.508 e. The van der Waals surface area contributed by atoms with Crippen LogP contribution in [-0.2, 0) is 10.0 Å². The van der Waals surface area contributed by atoms with Gasteiger partial charge in [0.1, 0.15) is 5.75 Å². The number of rotatable bonds is 9. The van der Waals surface area contributed by atoms with E-state index in [-0.39, 0.29) is 10.6 Å². The van der Waals surface area contributed by atoms with E-state index in [4.69, 9.17) is 0 Å². The molecule has 108 valence electrons. The van der Waals surface area contributed by atoms with E-state index in [0.717, 1.165) is 25.0 Å². The average Bonchev–Trinajstić information content (AvgIpc) is 2.38. The predicted molar refractivity (Wildman–Crippen MR) is 80.1 cm³/mol. The molecule has 0 radical (unpaired) electrons. The van der Waals surface area contributed by atoms with Gasteiger partial charge in [0, 0.05) is 6.54 Å². The molecule has 0 aromatic heterocycles. The van der Waals surface area contributed by atoms with Crippen molar-refractivity contribution in [1.29, 1.82) is 0 Å². The first-order chi connectivity index (χ1) is 9.06. The van der Waals surface area contributed by atoms with Gasteiger partial charge in [-0.2, -0.15) is 11.8 Å². The maximum absolute atomic E-state index is 11.9. The molecule has 0 spiro atoms. The van der Waals surface area contributed by atoms with Crippen LogP contribution in [0.4, 0.5) is 0 Å². The van der Waals surface area contributed by atoms with Crippen LogP contribution >= 0.6 is 11.8 Å². The van der Waals surface area contributed by atoms with Crippen molar-refractivity contribution >= 4 is 21.8 Å². The zero-order chi connectivity index (χ0) is 14.1. The molecular weight excluding hydrogens is 282 g/mol. The van der Waals surface area contributed by atoms with Gasteiger partial charge in [0.05, 0.1) is 4.90 Å². The number of phenols is 1. The Morgan fingerprint density at radius 2 is 1.95 bits per heavy atom. The Kier molecular flexibility index (Phi) is 7.27. The van der Waals surface area contributed by atoms with Crippen molar-refractivity contribution in [3.8, 4) is 5.75 Å². The lowest BCUT2D eigenvalue weighted by molar-refractivity contribution is 0.473. The number of unbranched alkanes of at least 4 members (excludes halogenated alkanes) is 3. The molecule has 0 atom stereocenters. The van der Waals surface area contributed by atoms with Gasteiger partial charge in [-0.3, -0.25) is 0 Å². The fraction of sp³-hybridized carbons (Fsp3) is 0.538. The summed E-state index contributed by atoms with van der Waals surface area (Å²) in [7, 11) is -3.49. The van der Waals surface area contributed by atoms with E-state index in [9.17, 15) is 13.5 Å². The standard InChI is InChI=1S/C13H21NO3S2/c1-18-10-5-3-2-4-9-14-19(16,17)13-8-6-7-12(15)11-13/h6-8,11,14-15H,2-5,9-10H2,1H3. The van der Waals surface area contributed by atoms with Crippen molar-refractivity contribution in [2.75, 3.05) is 18.6 Å². The molecule has 0 aliphatic heterocycles. The monoisotopic (exact) mass is 303 g/mol. The quantitative estimate of drug-likeness (QED) is 0.688. The first-order valence-corrected chi connectivity index (χ1v) is 9.21. The van der Waals surface area contributed by atoms with Crippen molar-refractivity contribution < 1.29 is 13.5 Å². The zero-order valence-corrected chi connectivity index (χ0v) is 12.8. The molecule has 1 rings (SSSR count). The summed E-state index contributed by atoms with van der Waals surface area (Å²) in [6.45, 7) is 0.442. The van der Waals surface area contributed by atoms with Crippen molar-refractivity contribution in [2.24, 2.45) is 0 Å². The van der Waals surface area contributed by atoms with Crippen LogP contribution in [0.2, 0.25) is 0 Å². The molecule has 0 bridgehead atoms. The van der Waals surface area contributed by atoms with E-state index in [2.05, 4.69) is 11.0 Å². The van der Waals surface area contributed by atoms with Gasteiger partial charge in [0.25, 0.3) is 0 Å². The van der Waals surface area contributed by atoms with Crippen LogP contribution < -0.4 is 4.72 Å². The smallest absolute Gasteiger partial charge is 0.240 e. The van der Waals surface area contributed by atoms with E-state index in [1.165, 1.54) is 30.7 Å². The maximum Gasteiger partial charge on any atom is 0.240 e. The molecule has 6 heteroatoms. The Hall–Kier alpha value is -0.720. The lowest BCUT2D eigenvalue weighted by Crippen LogP contribution is -2.24. The first kappa shape index (κ1) is 16.3. The third-order valence-corrected chi connectivity index (χ3v) is 4.85. The molecular formula is C13H21NO3S2. The number of nitrogens with one attached hydrogen (secondary N) is 1. The summed E-state index contributed by atoms with van der Waals surface area (Å²) >= 11 is 1.83. The second-order valence-corrected chi connectivity index (χ2v) is 7.05. The van der Waals surface area contributed by atoms with E-state index in [1.54, 1.807) is 0 Å². The Labute approximate surface area is 119 Å². The fourth-order valence-corrected chi connectivity index (χ4v) is 3.27. The summed E-state index contributed by atoms with van der Waals surface area (Å²) in [5.74, 6) is 1.12. The van der Waals surface area contributed by atoms with Gasteiger partial charge in [-0.1, -0.05) is 18.9 Å². The highest BCUT2D eigenvalue weighted by molar-refractivity contribution is 7.98. The zero-order valence-electron chi connectivity index (χ0n) is 11.1. The van der Waals surface area contributed by atoms with Crippen molar-refractivity contribution in [3.63, 3.8) is 0 Å². The van der Waals surface area contributed by atoms with Crippen molar-refractivity contribution in [2.45, 2.75) is 30.6 Å². The fourth-order valence-electron chi connectivity index (χ4n) is 1.67. The van der Waals surface area contributed by atoms with Gasteiger partial charge in [0.15, 0.2) is 0 Å². The number of thioether (sulfide) groups is 1. The number of aromatic hydroxyl groups is 1. The van der Waals surface area contributed by atoms with Gasteiger partial charge >= 0.3 is 0 Å². The van der Waals surface area contributed by atoms with Crippen molar-refractivity contribution in [1.82, 2.24) is 4.72 Å². The second kappa shape index (κ2) is 8.45. The predicted octanol–water partition coefficient (Wildman–Crippen LogP) is 2.59. The second-order valence-electron chi connectivity index (χ2n) is 4.30. The molecule has 19 heavy (non-hydrogen) atoms. The third-order valence-electron chi connectivity index (χ3n) is 2.70. The molecule has 0 amide bonds. The van der Waals surface area contributed by atoms with Crippen LogP contribution in [-0.4, -0.2) is 32.1 Å². The molecule has 0 saturated heterocycles. The summed E-state index contributed by atoms with van der Waals surface area (Å²) in [4.78, 5) is 0.106. The minimum absolute atomic E-state index is 0.0417. The molecule has 0 aliphatic rings. The summed E-state index contributed by atoms with van der Waals surface area (Å²) in [6.07, 6.45) is 6.27. The van der Waals surface area contributed by atoms with E-state index >= 15 is 0 Å². The molecule has 0 heterocycles. The number of hydrogen-bond donors (Lipinski definition) is 2. The molecule has 0 saturated carbocycles. The average molecular weight is 303 g/mol. The Balaban J connectivity index is 2.32. The van der Waals surface area contributed by atoms with E-state index < -0.39 is 10.0 Å². The highest BCUT2D eigenvalue weighted by atomic mass is 32.2. The van der Waals surface area contributed by atoms with Gasteiger partial charge in [-0.25, -0.2) is 13.1 Å². The lowest BCUT2D eigenvalue weighted by atomic mass is 10.2. The molecule has 2 N–H and O–H groups in total. The molecule has 0 aliphatic carbocycles. The van der Waals surface area contributed by atoms with Gasteiger partial charge in [0.2, 0.25) is 10.0 Å². The van der Waals surface area contributed by atoms with Gasteiger partial charge < -0.3 is 5.11 Å². The summed E-state index contributed by atoms with van der Waals surface area (Å²) < 4.78 is 26.3. The minimum Gasteiger partial charge on any atom is -0.508 e. The molecule has 1 aromatic carbocycles. The lowest BCUT2D eigenvalue weighted by Gasteiger charge is -2.07. The van der Waals surface area contributed by atoms with Crippen LogP contribution in [0, 0.1) is 0 Å². The van der Waals surface area contributed by atoms with Crippen molar-refractivity contribution in [3.05, 3.63) is 24.3 Å². The Bertz CT molecular complexity index is 475. The first-order valence-electron chi connectivity index (χ1n) is 6.34. The van der Waals surface area contributed by atoms with Gasteiger partial charge in [-0.05, 0) is 43.0 Å². The SMILES string of the molecule is CSCCCCCCNS(=O)(=O)c1cccc(O)c1. The van der Waals surface area contributed by atoms with Crippen LogP contribution in [0.1, 0.15) is 25.7 Å². The number of phenolic OH excluding ortho intramolecular Hbond substituents is 1. The van der Waals surface area contributed by atoms with Crippen LogP contribution in [0.25, 0.3) is 0 Å². The van der Waals surface area contributed by atoms with Crippen LogP contribution in [0.3, 0.4) is 0 Å². The Morgan fingerprint density at radius 3 is 2.63 bits per heavy atom. The summed E-state index contributed by atoms with van der Waals surface area (Å²) in [6, 6.07) is 5.69. The van der Waals surface area contributed by atoms with E-state index in [0.29, 0.717) is 6.54 Å². The number of benzene rings is 1. The van der Waals surface area contributed by atoms with E-state index in [1.807, 2.05) is 11.8 Å². The molecule has 1 aromatic rings. The van der Waals surface area contributed by atoms with Crippen LogP contribution in [0.5, 0.6) is 5.75 Å². The number of sulfonamides is 1. The molecule has 0 unspecified atom stereocenters. The third kappa shape index (κ3) is 6.31. The highest BCUT2D eigenvalue weighted by Gasteiger charge is 2.13. The molecule has 0 fully saturated rings. The minimum atomic E-state index is -3.49. The highest BCUT2D eigenvalue weighted by Crippen LogP contribution is 2.15.